The van der Waals surface area contributed by atoms with Crippen molar-refractivity contribution >= 4 is 12.0 Å². The van der Waals surface area contributed by atoms with Crippen molar-refractivity contribution in [3.05, 3.63) is 42.0 Å². The smallest absolute Gasteiger partial charge is 0.265 e. The number of hydrogen-bond donors (Lipinski definition) is 1. The molecule has 1 N–H and O–H groups in total. The summed E-state index contributed by atoms with van der Waals surface area (Å²) in [6.07, 6.45) is 1.75. The van der Waals surface area contributed by atoms with Crippen LogP contribution in [0.5, 0.6) is 0 Å². The molecule has 0 saturated carbocycles. The second-order valence-electron chi connectivity index (χ2n) is 3.87. The number of carbonyl (C=O) groups excluding carboxylic acids is 1. The van der Waals surface area contributed by atoms with Crippen LogP contribution >= 0.6 is 0 Å². The summed E-state index contributed by atoms with van der Waals surface area (Å²) in [5, 5.41) is 1.88. The molecule has 4 nitrogen and oxygen atoms in total. The van der Waals surface area contributed by atoms with Gasteiger partial charge in [-0.25, -0.2) is 5.01 Å². The first-order valence-corrected chi connectivity index (χ1v) is 5.66. The molecule has 0 bridgehead atoms. The van der Waals surface area contributed by atoms with Crippen molar-refractivity contribution in [3.8, 4) is 0 Å². The van der Waals surface area contributed by atoms with Gasteiger partial charge in [-0.1, -0.05) is 24.8 Å². The third-order valence-electron chi connectivity index (χ3n) is 2.68. The summed E-state index contributed by atoms with van der Waals surface area (Å²) in [7, 11) is 0. The first kappa shape index (κ1) is 11.8. The molecular weight excluding hydrogens is 216 g/mol. The number of nitrogens with zero attached hydrogens (tertiary/aromatic N) is 1. The van der Waals surface area contributed by atoms with Gasteiger partial charge in [0.2, 0.25) is 0 Å². The molecule has 0 atom stereocenters. The molecule has 17 heavy (non-hydrogen) atoms. The minimum absolute atomic E-state index is 0.0810. The van der Waals surface area contributed by atoms with Gasteiger partial charge in [0.1, 0.15) is 0 Å². The number of benzene rings is 1. The van der Waals surface area contributed by atoms with Gasteiger partial charge >= 0.3 is 0 Å². The third-order valence-corrected chi connectivity index (χ3v) is 2.68. The lowest BCUT2D eigenvalue weighted by Gasteiger charge is -2.26. The van der Waals surface area contributed by atoms with Crippen LogP contribution in [0, 0.1) is 0 Å². The maximum absolute atomic E-state index is 11.9. The van der Waals surface area contributed by atoms with Crippen LogP contribution in [0.25, 0.3) is 6.08 Å². The molecule has 0 spiro atoms. The summed E-state index contributed by atoms with van der Waals surface area (Å²) in [6.45, 7) is 6.47. The topological polar surface area (TPSA) is 41.6 Å². The number of amides is 1. The van der Waals surface area contributed by atoms with Crippen molar-refractivity contribution in [3.63, 3.8) is 0 Å². The zero-order chi connectivity index (χ0) is 12.1. The van der Waals surface area contributed by atoms with Gasteiger partial charge in [0.25, 0.3) is 5.91 Å². The van der Waals surface area contributed by atoms with Gasteiger partial charge in [-0.3, -0.25) is 10.2 Å². The number of hydrazine groups is 1. The fourth-order valence-electron chi connectivity index (χ4n) is 1.65. The van der Waals surface area contributed by atoms with Crippen molar-refractivity contribution < 1.29 is 9.53 Å². The molecule has 1 aliphatic heterocycles. The molecule has 0 unspecified atom stereocenters. The fourth-order valence-corrected chi connectivity index (χ4v) is 1.65. The molecule has 1 heterocycles. The monoisotopic (exact) mass is 232 g/mol. The van der Waals surface area contributed by atoms with Crippen LogP contribution in [0.2, 0.25) is 0 Å². The molecule has 4 heteroatoms. The lowest BCUT2D eigenvalue weighted by Crippen LogP contribution is -2.48. The van der Waals surface area contributed by atoms with E-state index in [1.807, 2.05) is 17.1 Å². The zero-order valence-electron chi connectivity index (χ0n) is 9.69. The Morgan fingerprint density at radius 1 is 1.29 bits per heavy atom. The zero-order valence-corrected chi connectivity index (χ0v) is 9.69. The number of ether oxygens (including phenoxy) is 1. The maximum Gasteiger partial charge on any atom is 0.265 e. The molecular formula is C13H16N2O2. The van der Waals surface area contributed by atoms with E-state index in [9.17, 15) is 4.79 Å². The van der Waals surface area contributed by atoms with Gasteiger partial charge in [-0.05, 0) is 17.7 Å². The van der Waals surface area contributed by atoms with Crippen LogP contribution in [0.1, 0.15) is 15.9 Å². The summed E-state index contributed by atoms with van der Waals surface area (Å²) in [6, 6.07) is 7.35. The summed E-state index contributed by atoms with van der Waals surface area (Å²) in [5.41, 5.74) is 4.52. The minimum Gasteiger partial charge on any atom is -0.379 e. The Morgan fingerprint density at radius 3 is 2.53 bits per heavy atom. The predicted molar refractivity (Wildman–Crippen MR) is 66.4 cm³/mol. The Hall–Kier alpha value is -1.65. The lowest BCUT2D eigenvalue weighted by molar-refractivity contribution is 0.0126. The molecule has 90 valence electrons. The van der Waals surface area contributed by atoms with Crippen LogP contribution in [0.15, 0.2) is 30.8 Å². The average Bonchev–Trinajstić information content (AvgIpc) is 2.40. The van der Waals surface area contributed by atoms with E-state index < -0.39 is 0 Å². The quantitative estimate of drug-likeness (QED) is 0.854. The summed E-state index contributed by atoms with van der Waals surface area (Å²) < 4.78 is 5.21. The van der Waals surface area contributed by atoms with Gasteiger partial charge in [0.15, 0.2) is 0 Å². The standard InChI is InChI=1S/C13H16N2O2/c1-2-11-3-5-12(6-4-11)13(16)14-15-7-9-17-10-8-15/h2-6H,1,7-10H2,(H,14,16). The highest BCUT2D eigenvalue weighted by molar-refractivity contribution is 5.94. The van der Waals surface area contributed by atoms with E-state index >= 15 is 0 Å². The number of nitrogens with one attached hydrogen (secondary N) is 1. The van der Waals surface area contributed by atoms with Gasteiger partial charge in [0.05, 0.1) is 13.2 Å². The van der Waals surface area contributed by atoms with Crippen molar-refractivity contribution in [2.45, 2.75) is 0 Å². The Labute approximate surface area is 101 Å². The van der Waals surface area contributed by atoms with E-state index in [-0.39, 0.29) is 5.91 Å². The number of rotatable bonds is 3. The van der Waals surface area contributed by atoms with Crippen molar-refractivity contribution in [2.75, 3.05) is 26.3 Å². The van der Waals surface area contributed by atoms with E-state index in [0.29, 0.717) is 18.8 Å². The van der Waals surface area contributed by atoms with E-state index in [2.05, 4.69) is 12.0 Å². The molecule has 0 aromatic heterocycles. The molecule has 1 aliphatic rings. The molecule has 0 radical (unpaired) electrons. The SMILES string of the molecule is C=Cc1ccc(C(=O)NN2CCOCC2)cc1. The highest BCUT2D eigenvalue weighted by atomic mass is 16.5. The van der Waals surface area contributed by atoms with Crippen LogP contribution in [0.4, 0.5) is 0 Å². The van der Waals surface area contributed by atoms with Gasteiger partial charge in [-0.15, -0.1) is 0 Å². The maximum atomic E-state index is 11.9. The van der Waals surface area contributed by atoms with Crippen molar-refractivity contribution in [2.24, 2.45) is 0 Å². The average molecular weight is 232 g/mol. The second-order valence-corrected chi connectivity index (χ2v) is 3.87. The summed E-state index contributed by atoms with van der Waals surface area (Å²) >= 11 is 0. The van der Waals surface area contributed by atoms with Crippen molar-refractivity contribution in [1.82, 2.24) is 10.4 Å². The predicted octanol–water partition coefficient (Wildman–Crippen LogP) is 1.31. The highest BCUT2D eigenvalue weighted by Crippen LogP contribution is 2.05. The molecule has 1 aromatic rings. The van der Waals surface area contributed by atoms with E-state index in [0.717, 1.165) is 18.7 Å². The summed E-state index contributed by atoms with van der Waals surface area (Å²) in [4.78, 5) is 11.9. The Kier molecular flexibility index (Phi) is 3.90. The normalized spacial score (nSPS) is 16.5. The van der Waals surface area contributed by atoms with E-state index in [1.54, 1.807) is 18.2 Å². The van der Waals surface area contributed by atoms with Crippen LogP contribution < -0.4 is 5.43 Å². The highest BCUT2D eigenvalue weighted by Gasteiger charge is 2.13. The largest absolute Gasteiger partial charge is 0.379 e. The van der Waals surface area contributed by atoms with Crippen LogP contribution in [-0.2, 0) is 4.74 Å². The Morgan fingerprint density at radius 2 is 1.94 bits per heavy atom. The minimum atomic E-state index is -0.0810. The van der Waals surface area contributed by atoms with Crippen molar-refractivity contribution in [1.29, 1.82) is 0 Å². The second kappa shape index (κ2) is 5.61. The molecule has 2 rings (SSSR count). The third kappa shape index (κ3) is 3.15. The number of carbonyl (C=O) groups is 1. The Balaban J connectivity index is 1.95. The lowest BCUT2D eigenvalue weighted by atomic mass is 10.1. The fraction of sp³-hybridized carbons (Fsp3) is 0.308. The van der Waals surface area contributed by atoms with Gasteiger partial charge < -0.3 is 4.74 Å². The van der Waals surface area contributed by atoms with Crippen LogP contribution in [0.3, 0.4) is 0 Å². The van der Waals surface area contributed by atoms with Gasteiger partial charge in [-0.2, -0.15) is 0 Å². The van der Waals surface area contributed by atoms with E-state index in [4.69, 9.17) is 4.74 Å². The molecule has 1 fully saturated rings. The summed E-state index contributed by atoms with van der Waals surface area (Å²) in [5.74, 6) is -0.0810. The molecule has 1 saturated heterocycles. The van der Waals surface area contributed by atoms with Crippen LogP contribution in [-0.4, -0.2) is 37.2 Å². The molecule has 0 aliphatic carbocycles. The first-order chi connectivity index (χ1) is 8.29. The first-order valence-electron chi connectivity index (χ1n) is 5.66. The molecule has 1 amide bonds. The van der Waals surface area contributed by atoms with Gasteiger partial charge in [0, 0.05) is 18.7 Å². The van der Waals surface area contributed by atoms with E-state index in [1.165, 1.54) is 0 Å². The Bertz CT molecular complexity index is 394. The molecule has 1 aromatic carbocycles. The number of morpholine rings is 1. The number of hydrogen-bond acceptors (Lipinski definition) is 3.